The SMILES string of the molecule is CCC/C=C/c1ccc(C(=O)Nc2cccc(C#N)c2)cc1. The normalized spacial score (nSPS) is 10.4. The van der Waals surface area contributed by atoms with Crippen LogP contribution in [0.25, 0.3) is 6.08 Å². The molecule has 110 valence electrons. The third kappa shape index (κ3) is 4.32. The molecule has 0 bridgehead atoms. The lowest BCUT2D eigenvalue weighted by Crippen LogP contribution is -2.11. The van der Waals surface area contributed by atoms with Crippen molar-refractivity contribution in [3.63, 3.8) is 0 Å². The molecule has 0 fully saturated rings. The van der Waals surface area contributed by atoms with Gasteiger partial charge in [-0.2, -0.15) is 5.26 Å². The number of unbranched alkanes of at least 4 members (excludes halogenated alkanes) is 1. The molecule has 0 aliphatic carbocycles. The standard InChI is InChI=1S/C19H18N2O/c1-2-3-4-6-15-9-11-17(12-10-15)19(22)21-18-8-5-7-16(13-18)14-20/h4-13H,2-3H2,1H3,(H,21,22)/b6-4+. The first kappa shape index (κ1) is 15.5. The molecule has 3 nitrogen and oxygen atoms in total. The predicted molar refractivity (Wildman–Crippen MR) is 89.5 cm³/mol. The molecule has 22 heavy (non-hydrogen) atoms. The molecule has 0 heterocycles. The zero-order chi connectivity index (χ0) is 15.8. The van der Waals surface area contributed by atoms with Crippen LogP contribution in [0.3, 0.4) is 0 Å². The van der Waals surface area contributed by atoms with E-state index in [2.05, 4.69) is 30.5 Å². The van der Waals surface area contributed by atoms with Gasteiger partial charge < -0.3 is 5.32 Å². The Balaban J connectivity index is 2.05. The van der Waals surface area contributed by atoms with Crippen LogP contribution in [0.2, 0.25) is 0 Å². The Morgan fingerprint density at radius 3 is 2.68 bits per heavy atom. The van der Waals surface area contributed by atoms with Gasteiger partial charge in [0.15, 0.2) is 0 Å². The van der Waals surface area contributed by atoms with Gasteiger partial charge in [0.1, 0.15) is 0 Å². The molecule has 2 rings (SSSR count). The van der Waals surface area contributed by atoms with Crippen LogP contribution < -0.4 is 5.32 Å². The van der Waals surface area contributed by atoms with E-state index in [1.165, 1.54) is 0 Å². The molecule has 0 unspecified atom stereocenters. The minimum absolute atomic E-state index is 0.181. The van der Waals surface area contributed by atoms with Gasteiger partial charge in [-0.15, -0.1) is 0 Å². The van der Waals surface area contributed by atoms with Crippen molar-refractivity contribution in [3.8, 4) is 6.07 Å². The van der Waals surface area contributed by atoms with E-state index >= 15 is 0 Å². The fourth-order valence-corrected chi connectivity index (χ4v) is 2.00. The van der Waals surface area contributed by atoms with E-state index in [0.29, 0.717) is 16.8 Å². The van der Waals surface area contributed by atoms with Crippen molar-refractivity contribution in [2.45, 2.75) is 19.8 Å². The average Bonchev–Trinajstić information content (AvgIpc) is 2.56. The van der Waals surface area contributed by atoms with Crippen molar-refractivity contribution in [3.05, 3.63) is 71.3 Å². The van der Waals surface area contributed by atoms with Crippen LogP contribution in [0.15, 0.2) is 54.6 Å². The van der Waals surface area contributed by atoms with E-state index < -0.39 is 0 Å². The maximum absolute atomic E-state index is 12.2. The summed E-state index contributed by atoms with van der Waals surface area (Å²) in [5, 5.41) is 11.7. The van der Waals surface area contributed by atoms with Gasteiger partial charge >= 0.3 is 0 Å². The quantitative estimate of drug-likeness (QED) is 0.873. The summed E-state index contributed by atoms with van der Waals surface area (Å²) in [6.07, 6.45) is 6.36. The fraction of sp³-hybridized carbons (Fsp3) is 0.158. The van der Waals surface area contributed by atoms with Crippen LogP contribution in [0, 0.1) is 11.3 Å². The van der Waals surface area contributed by atoms with Crippen LogP contribution >= 0.6 is 0 Å². The number of nitriles is 1. The Morgan fingerprint density at radius 1 is 1.23 bits per heavy atom. The maximum atomic E-state index is 12.2. The lowest BCUT2D eigenvalue weighted by Gasteiger charge is -2.05. The smallest absolute Gasteiger partial charge is 0.255 e. The van der Waals surface area contributed by atoms with E-state index in [4.69, 9.17) is 5.26 Å². The second-order valence-corrected chi connectivity index (χ2v) is 4.96. The molecule has 1 amide bonds. The zero-order valence-electron chi connectivity index (χ0n) is 12.5. The first-order valence-electron chi connectivity index (χ1n) is 7.31. The van der Waals surface area contributed by atoms with Crippen molar-refractivity contribution in [1.29, 1.82) is 5.26 Å². The molecule has 0 aliphatic rings. The second-order valence-electron chi connectivity index (χ2n) is 4.96. The molecule has 0 aliphatic heterocycles. The molecule has 0 spiro atoms. The van der Waals surface area contributed by atoms with Crippen LogP contribution in [0.1, 0.15) is 41.3 Å². The number of hydrogen-bond donors (Lipinski definition) is 1. The van der Waals surface area contributed by atoms with Crippen molar-refractivity contribution < 1.29 is 4.79 Å². The Morgan fingerprint density at radius 2 is 2.00 bits per heavy atom. The number of amides is 1. The van der Waals surface area contributed by atoms with E-state index in [-0.39, 0.29) is 5.91 Å². The summed E-state index contributed by atoms with van der Waals surface area (Å²) in [4.78, 5) is 12.2. The van der Waals surface area contributed by atoms with Gasteiger partial charge in [-0.1, -0.05) is 43.7 Å². The van der Waals surface area contributed by atoms with Gasteiger partial charge in [-0.25, -0.2) is 0 Å². The topological polar surface area (TPSA) is 52.9 Å². The van der Waals surface area contributed by atoms with Gasteiger partial charge in [0, 0.05) is 11.3 Å². The molecule has 0 saturated carbocycles. The minimum Gasteiger partial charge on any atom is -0.322 e. The fourth-order valence-electron chi connectivity index (χ4n) is 2.00. The van der Waals surface area contributed by atoms with Gasteiger partial charge in [-0.05, 0) is 42.3 Å². The zero-order valence-corrected chi connectivity index (χ0v) is 12.5. The molecule has 0 atom stereocenters. The Hall–Kier alpha value is -2.86. The summed E-state index contributed by atoms with van der Waals surface area (Å²) in [6.45, 7) is 2.14. The molecule has 0 saturated heterocycles. The molecular formula is C19H18N2O. The molecule has 3 heteroatoms. The molecule has 2 aromatic carbocycles. The van der Waals surface area contributed by atoms with Gasteiger partial charge in [0.25, 0.3) is 5.91 Å². The van der Waals surface area contributed by atoms with E-state index in [0.717, 1.165) is 18.4 Å². The Labute approximate surface area is 130 Å². The predicted octanol–water partition coefficient (Wildman–Crippen LogP) is 4.62. The average molecular weight is 290 g/mol. The number of anilines is 1. The largest absolute Gasteiger partial charge is 0.322 e. The Kier molecular flexibility index (Phi) is 5.50. The number of nitrogens with one attached hydrogen (secondary N) is 1. The number of rotatable bonds is 5. The third-order valence-corrected chi connectivity index (χ3v) is 3.19. The van der Waals surface area contributed by atoms with Crippen LogP contribution in [0.4, 0.5) is 5.69 Å². The third-order valence-electron chi connectivity index (χ3n) is 3.19. The van der Waals surface area contributed by atoms with E-state index in [1.54, 1.807) is 36.4 Å². The maximum Gasteiger partial charge on any atom is 0.255 e. The first-order valence-corrected chi connectivity index (χ1v) is 7.31. The highest BCUT2D eigenvalue weighted by Gasteiger charge is 2.06. The molecule has 2 aromatic rings. The lowest BCUT2D eigenvalue weighted by atomic mass is 10.1. The Bertz CT molecular complexity index is 709. The molecular weight excluding hydrogens is 272 g/mol. The number of carbonyl (C=O) groups excluding carboxylic acids is 1. The van der Waals surface area contributed by atoms with E-state index in [1.807, 2.05) is 12.1 Å². The van der Waals surface area contributed by atoms with Gasteiger partial charge in [0.05, 0.1) is 11.6 Å². The number of hydrogen-bond acceptors (Lipinski definition) is 2. The summed E-state index contributed by atoms with van der Waals surface area (Å²) < 4.78 is 0. The van der Waals surface area contributed by atoms with Crippen molar-refractivity contribution in [2.24, 2.45) is 0 Å². The summed E-state index contributed by atoms with van der Waals surface area (Å²) in [7, 11) is 0. The van der Waals surface area contributed by atoms with Gasteiger partial charge in [-0.3, -0.25) is 4.79 Å². The molecule has 1 N–H and O–H groups in total. The molecule has 0 aromatic heterocycles. The number of allylic oxidation sites excluding steroid dienone is 1. The monoisotopic (exact) mass is 290 g/mol. The first-order chi connectivity index (χ1) is 10.7. The van der Waals surface area contributed by atoms with Crippen molar-refractivity contribution in [2.75, 3.05) is 5.32 Å². The van der Waals surface area contributed by atoms with E-state index in [9.17, 15) is 4.79 Å². The van der Waals surface area contributed by atoms with Crippen LogP contribution in [0.5, 0.6) is 0 Å². The van der Waals surface area contributed by atoms with Crippen LogP contribution in [-0.4, -0.2) is 5.91 Å². The number of nitrogens with zero attached hydrogens (tertiary/aromatic N) is 1. The highest BCUT2D eigenvalue weighted by molar-refractivity contribution is 6.04. The summed E-state index contributed by atoms with van der Waals surface area (Å²) in [5.41, 5.74) is 2.82. The highest BCUT2D eigenvalue weighted by atomic mass is 16.1. The minimum atomic E-state index is -0.181. The van der Waals surface area contributed by atoms with Crippen molar-refractivity contribution in [1.82, 2.24) is 0 Å². The molecule has 0 radical (unpaired) electrons. The summed E-state index contributed by atoms with van der Waals surface area (Å²) >= 11 is 0. The van der Waals surface area contributed by atoms with Crippen molar-refractivity contribution >= 4 is 17.7 Å². The lowest BCUT2D eigenvalue weighted by molar-refractivity contribution is 0.102. The summed E-state index contributed by atoms with van der Waals surface area (Å²) in [6, 6.07) is 16.4. The number of carbonyl (C=O) groups is 1. The number of benzene rings is 2. The summed E-state index contributed by atoms with van der Waals surface area (Å²) in [5.74, 6) is -0.181. The van der Waals surface area contributed by atoms with Crippen LogP contribution in [-0.2, 0) is 0 Å². The highest BCUT2D eigenvalue weighted by Crippen LogP contribution is 2.13. The second kappa shape index (κ2) is 7.80. The van der Waals surface area contributed by atoms with Gasteiger partial charge in [0.2, 0.25) is 0 Å².